The number of ether oxygens (including phenoxy) is 1. The van der Waals surface area contributed by atoms with Crippen LogP contribution in [0.3, 0.4) is 0 Å². The Balaban J connectivity index is 1.53. The molecule has 0 aliphatic carbocycles. The summed E-state index contributed by atoms with van der Waals surface area (Å²) in [5, 5.41) is 8.73. The minimum Gasteiger partial charge on any atom is -0.487 e. The zero-order valence-corrected chi connectivity index (χ0v) is 11.6. The highest BCUT2D eigenvalue weighted by Crippen LogP contribution is 2.21. The molecule has 5 nitrogen and oxygen atoms in total. The van der Waals surface area contributed by atoms with Gasteiger partial charge in [-0.2, -0.15) is 5.26 Å². The average Bonchev–Trinajstić information content (AvgIpc) is 2.89. The number of amides is 1. The van der Waals surface area contributed by atoms with Gasteiger partial charge in [-0.3, -0.25) is 4.79 Å². The summed E-state index contributed by atoms with van der Waals surface area (Å²) in [6.45, 7) is 2.89. The van der Waals surface area contributed by atoms with Crippen molar-refractivity contribution in [1.29, 1.82) is 5.26 Å². The molecule has 1 aromatic carbocycles. The monoisotopic (exact) mass is 282 g/mol. The van der Waals surface area contributed by atoms with Crippen LogP contribution in [0.2, 0.25) is 0 Å². The molecule has 1 aromatic heterocycles. The Morgan fingerprint density at radius 1 is 1.29 bits per heavy atom. The third-order valence-corrected chi connectivity index (χ3v) is 3.37. The number of nitriles is 1. The van der Waals surface area contributed by atoms with E-state index in [4.69, 9.17) is 14.4 Å². The Morgan fingerprint density at radius 3 is 2.57 bits per heavy atom. The van der Waals surface area contributed by atoms with Crippen LogP contribution in [0.25, 0.3) is 0 Å². The van der Waals surface area contributed by atoms with E-state index < -0.39 is 0 Å². The fourth-order valence-corrected chi connectivity index (χ4v) is 2.18. The minimum atomic E-state index is -0.109. The molecule has 2 heterocycles. The molecule has 0 radical (unpaired) electrons. The molecule has 0 saturated carbocycles. The van der Waals surface area contributed by atoms with Crippen molar-refractivity contribution in [1.82, 2.24) is 4.90 Å². The van der Waals surface area contributed by atoms with Gasteiger partial charge in [-0.05, 0) is 43.3 Å². The second-order valence-corrected chi connectivity index (χ2v) is 5.00. The van der Waals surface area contributed by atoms with E-state index in [0.717, 1.165) is 5.76 Å². The lowest BCUT2D eigenvalue weighted by molar-refractivity contribution is 0.0154. The largest absolute Gasteiger partial charge is 0.487 e. The second-order valence-electron chi connectivity index (χ2n) is 5.00. The maximum atomic E-state index is 12.1. The highest BCUT2D eigenvalue weighted by atomic mass is 16.5. The molecular weight excluding hydrogens is 268 g/mol. The van der Waals surface area contributed by atoms with Crippen molar-refractivity contribution in [3.8, 4) is 11.8 Å². The number of hydrogen-bond acceptors (Lipinski definition) is 4. The summed E-state index contributed by atoms with van der Waals surface area (Å²) >= 11 is 0. The lowest BCUT2D eigenvalue weighted by Gasteiger charge is -2.38. The third-order valence-electron chi connectivity index (χ3n) is 3.37. The number of likely N-dealkylation sites (tertiary alicyclic amines) is 1. The van der Waals surface area contributed by atoms with Crippen molar-refractivity contribution in [2.45, 2.75) is 13.0 Å². The van der Waals surface area contributed by atoms with E-state index >= 15 is 0 Å². The van der Waals surface area contributed by atoms with Crippen LogP contribution in [-0.2, 0) is 0 Å². The van der Waals surface area contributed by atoms with Crippen LogP contribution >= 0.6 is 0 Å². The summed E-state index contributed by atoms with van der Waals surface area (Å²) in [7, 11) is 0. The van der Waals surface area contributed by atoms with E-state index in [9.17, 15) is 4.79 Å². The summed E-state index contributed by atoms with van der Waals surface area (Å²) in [6, 6.07) is 12.5. The highest BCUT2D eigenvalue weighted by Gasteiger charge is 2.34. The Bertz CT molecular complexity index is 691. The minimum absolute atomic E-state index is 0.0158. The van der Waals surface area contributed by atoms with Crippen molar-refractivity contribution < 1.29 is 13.9 Å². The van der Waals surface area contributed by atoms with E-state index in [1.807, 2.05) is 6.92 Å². The molecule has 0 atom stereocenters. The van der Waals surface area contributed by atoms with Crippen LogP contribution < -0.4 is 4.74 Å². The van der Waals surface area contributed by atoms with Gasteiger partial charge >= 0.3 is 0 Å². The molecule has 0 bridgehead atoms. The summed E-state index contributed by atoms with van der Waals surface area (Å²) in [5.41, 5.74) is 0.598. The maximum Gasteiger partial charge on any atom is 0.289 e. The van der Waals surface area contributed by atoms with Crippen molar-refractivity contribution in [2.75, 3.05) is 13.1 Å². The Labute approximate surface area is 122 Å². The molecule has 1 aliphatic rings. The Morgan fingerprint density at radius 2 is 2.00 bits per heavy atom. The number of carbonyl (C=O) groups is 1. The van der Waals surface area contributed by atoms with Crippen LogP contribution in [0, 0.1) is 18.3 Å². The highest BCUT2D eigenvalue weighted by molar-refractivity contribution is 5.92. The van der Waals surface area contributed by atoms with E-state index in [1.54, 1.807) is 41.3 Å². The van der Waals surface area contributed by atoms with Crippen LogP contribution in [0.5, 0.6) is 5.75 Å². The van der Waals surface area contributed by atoms with Gasteiger partial charge in [0.05, 0.1) is 24.7 Å². The average molecular weight is 282 g/mol. The van der Waals surface area contributed by atoms with Gasteiger partial charge in [0.25, 0.3) is 5.91 Å². The summed E-state index contributed by atoms with van der Waals surface area (Å²) in [5.74, 6) is 1.69. The van der Waals surface area contributed by atoms with Crippen molar-refractivity contribution >= 4 is 5.91 Å². The van der Waals surface area contributed by atoms with E-state index in [1.165, 1.54) is 0 Å². The predicted octanol–water partition coefficient (Wildman–Crippen LogP) is 2.36. The summed E-state index contributed by atoms with van der Waals surface area (Å²) in [6.07, 6.45) is -0.0158. The lowest BCUT2D eigenvalue weighted by Crippen LogP contribution is -2.56. The van der Waals surface area contributed by atoms with Gasteiger partial charge < -0.3 is 14.1 Å². The number of aryl methyl sites for hydroxylation is 1. The lowest BCUT2D eigenvalue weighted by atomic mass is 10.1. The molecule has 1 fully saturated rings. The molecule has 5 heteroatoms. The SMILES string of the molecule is Cc1ccc(C(=O)N2CC(Oc3ccc(C#N)cc3)C2)o1. The fraction of sp³-hybridized carbons (Fsp3) is 0.250. The first-order valence-corrected chi connectivity index (χ1v) is 6.68. The number of benzene rings is 1. The first-order chi connectivity index (χ1) is 10.2. The van der Waals surface area contributed by atoms with Gasteiger partial charge in [-0.1, -0.05) is 0 Å². The van der Waals surface area contributed by atoms with Gasteiger partial charge in [-0.15, -0.1) is 0 Å². The predicted molar refractivity (Wildman–Crippen MR) is 74.9 cm³/mol. The van der Waals surface area contributed by atoms with Gasteiger partial charge in [0.2, 0.25) is 0 Å². The zero-order valence-electron chi connectivity index (χ0n) is 11.6. The number of nitrogens with zero attached hydrogens (tertiary/aromatic N) is 2. The number of carbonyl (C=O) groups excluding carboxylic acids is 1. The Kier molecular flexibility index (Phi) is 3.36. The first-order valence-electron chi connectivity index (χ1n) is 6.68. The van der Waals surface area contributed by atoms with Crippen molar-refractivity contribution in [3.63, 3.8) is 0 Å². The van der Waals surface area contributed by atoms with Crippen LogP contribution in [-0.4, -0.2) is 30.0 Å². The number of rotatable bonds is 3. The third kappa shape index (κ3) is 2.75. The van der Waals surface area contributed by atoms with Gasteiger partial charge in [0, 0.05) is 0 Å². The summed E-state index contributed by atoms with van der Waals surface area (Å²) < 4.78 is 11.1. The second kappa shape index (κ2) is 5.33. The van der Waals surface area contributed by atoms with Gasteiger partial charge in [-0.25, -0.2) is 0 Å². The fourth-order valence-electron chi connectivity index (χ4n) is 2.18. The molecule has 0 N–H and O–H groups in total. The molecule has 1 amide bonds. The van der Waals surface area contributed by atoms with Gasteiger partial charge in [0.15, 0.2) is 5.76 Å². The topological polar surface area (TPSA) is 66.5 Å². The normalized spacial score (nSPS) is 14.4. The molecule has 1 saturated heterocycles. The molecular formula is C16H14N2O3. The van der Waals surface area contributed by atoms with Crippen LogP contribution in [0.15, 0.2) is 40.8 Å². The van der Waals surface area contributed by atoms with E-state index in [-0.39, 0.29) is 12.0 Å². The first kappa shape index (κ1) is 13.3. The molecule has 1 aliphatic heterocycles. The standard InChI is InChI=1S/C16H14N2O3/c1-11-2-7-15(20-11)16(19)18-9-14(10-18)21-13-5-3-12(8-17)4-6-13/h2-7,14H,9-10H2,1H3. The van der Waals surface area contributed by atoms with Crippen molar-refractivity contribution in [3.05, 3.63) is 53.5 Å². The number of furan rings is 1. The molecule has 0 unspecified atom stereocenters. The van der Waals surface area contributed by atoms with Gasteiger partial charge in [0.1, 0.15) is 17.6 Å². The molecule has 21 heavy (non-hydrogen) atoms. The Hall–Kier alpha value is -2.74. The zero-order chi connectivity index (χ0) is 14.8. The maximum absolute atomic E-state index is 12.1. The van der Waals surface area contributed by atoms with E-state index in [0.29, 0.717) is 30.2 Å². The molecule has 0 spiro atoms. The summed E-state index contributed by atoms with van der Waals surface area (Å²) in [4.78, 5) is 13.7. The van der Waals surface area contributed by atoms with Crippen molar-refractivity contribution in [2.24, 2.45) is 0 Å². The molecule has 2 aromatic rings. The van der Waals surface area contributed by atoms with Crippen LogP contribution in [0.4, 0.5) is 0 Å². The quantitative estimate of drug-likeness (QED) is 0.866. The van der Waals surface area contributed by atoms with Crippen LogP contribution in [0.1, 0.15) is 21.9 Å². The number of hydrogen-bond donors (Lipinski definition) is 0. The molecule has 106 valence electrons. The smallest absolute Gasteiger partial charge is 0.289 e. The molecule has 3 rings (SSSR count). The van der Waals surface area contributed by atoms with E-state index in [2.05, 4.69) is 6.07 Å².